The molecule has 0 radical (unpaired) electrons. The molecule has 0 aromatic rings. The van der Waals surface area contributed by atoms with Crippen LogP contribution in [0.2, 0.25) is 0 Å². The van der Waals surface area contributed by atoms with Gasteiger partial charge in [-0.3, -0.25) is 28.8 Å². The Kier molecular flexibility index (Phi) is 7.01. The summed E-state index contributed by atoms with van der Waals surface area (Å²) < 4.78 is 23.4. The average Bonchev–Trinajstić information content (AvgIpc) is 3.56. The maximum absolute atomic E-state index is 13.5. The SMILES string of the molecule is CC1CC2OC(=O)C(C)C2C(OC(=O)CC(=O)OC2C3C(CC(C)C4C=CC(=O)C42C)OC(=O)C3C)C2(C)C(=O)C=CC12. The second kappa shape index (κ2) is 10.1. The lowest BCUT2D eigenvalue weighted by Crippen LogP contribution is -2.51. The maximum atomic E-state index is 13.5. The van der Waals surface area contributed by atoms with Gasteiger partial charge in [-0.1, -0.05) is 39.8 Å². The van der Waals surface area contributed by atoms with E-state index in [2.05, 4.69) is 0 Å². The van der Waals surface area contributed by atoms with Crippen molar-refractivity contribution in [2.75, 3.05) is 0 Å². The van der Waals surface area contributed by atoms with Crippen molar-refractivity contribution in [1.82, 2.24) is 0 Å². The van der Waals surface area contributed by atoms with E-state index in [0.29, 0.717) is 12.8 Å². The van der Waals surface area contributed by atoms with Crippen LogP contribution in [0.15, 0.2) is 24.3 Å². The number of hydrogen-bond acceptors (Lipinski definition) is 10. The molecule has 2 heterocycles. The third-order valence-electron chi connectivity index (χ3n) is 11.8. The summed E-state index contributed by atoms with van der Waals surface area (Å²) >= 11 is 0. The Bertz CT molecular complexity index is 1250. The maximum Gasteiger partial charge on any atom is 0.317 e. The van der Waals surface area contributed by atoms with E-state index in [1.165, 1.54) is 12.2 Å². The molecule has 2 saturated carbocycles. The Balaban J connectivity index is 1.25. The van der Waals surface area contributed by atoms with Gasteiger partial charge in [-0.2, -0.15) is 0 Å². The van der Waals surface area contributed by atoms with Gasteiger partial charge in [0.15, 0.2) is 11.6 Å². The largest absolute Gasteiger partial charge is 0.462 e. The van der Waals surface area contributed by atoms with Crippen LogP contribution in [0.3, 0.4) is 0 Å². The molecule has 0 aromatic heterocycles. The normalized spacial score (nSPS) is 48.0. The summed E-state index contributed by atoms with van der Waals surface area (Å²) in [5, 5.41) is 0. The monoisotopic (exact) mass is 596 g/mol. The number of esters is 4. The predicted molar refractivity (Wildman–Crippen MR) is 148 cm³/mol. The van der Waals surface area contributed by atoms with E-state index < -0.39 is 89.2 Å². The van der Waals surface area contributed by atoms with E-state index in [4.69, 9.17) is 18.9 Å². The van der Waals surface area contributed by atoms with Gasteiger partial charge in [-0.05, 0) is 62.5 Å². The molecule has 0 bridgehead atoms. The lowest BCUT2D eigenvalue weighted by molar-refractivity contribution is -0.177. The Hall–Kier alpha value is -3.30. The van der Waals surface area contributed by atoms with Gasteiger partial charge in [0.2, 0.25) is 0 Å². The minimum absolute atomic E-state index is 0.0119. The quantitative estimate of drug-likeness (QED) is 0.270. The molecule has 4 aliphatic carbocycles. The highest BCUT2D eigenvalue weighted by Crippen LogP contribution is 2.56. The van der Waals surface area contributed by atoms with Crippen LogP contribution in [0.4, 0.5) is 0 Å². The van der Waals surface area contributed by atoms with Crippen molar-refractivity contribution in [3.63, 3.8) is 0 Å². The van der Waals surface area contributed by atoms with Crippen molar-refractivity contribution in [3.05, 3.63) is 24.3 Å². The fourth-order valence-electron chi connectivity index (χ4n) is 9.36. The van der Waals surface area contributed by atoms with Crippen LogP contribution in [0.1, 0.15) is 60.8 Å². The summed E-state index contributed by atoms with van der Waals surface area (Å²) in [6, 6.07) is 0. The first-order valence-corrected chi connectivity index (χ1v) is 15.4. The van der Waals surface area contributed by atoms with Gasteiger partial charge in [-0.25, -0.2) is 0 Å². The fraction of sp³-hybridized carbons (Fsp3) is 0.697. The Morgan fingerprint density at radius 2 is 1.09 bits per heavy atom. The van der Waals surface area contributed by atoms with E-state index in [1.807, 2.05) is 26.0 Å². The van der Waals surface area contributed by atoms with Crippen LogP contribution in [-0.2, 0) is 47.7 Å². The van der Waals surface area contributed by atoms with Crippen LogP contribution >= 0.6 is 0 Å². The van der Waals surface area contributed by atoms with E-state index in [9.17, 15) is 28.8 Å². The number of ketones is 2. The van der Waals surface area contributed by atoms with E-state index in [0.717, 1.165) is 0 Å². The molecule has 0 N–H and O–H groups in total. The van der Waals surface area contributed by atoms with Crippen molar-refractivity contribution in [1.29, 1.82) is 0 Å². The van der Waals surface area contributed by atoms with E-state index in [1.54, 1.807) is 27.7 Å². The molecule has 2 saturated heterocycles. The highest BCUT2D eigenvalue weighted by molar-refractivity contribution is 6.00. The number of hydrogen-bond donors (Lipinski definition) is 0. The first-order chi connectivity index (χ1) is 20.2. The van der Waals surface area contributed by atoms with Gasteiger partial charge in [0, 0.05) is 11.8 Å². The van der Waals surface area contributed by atoms with Crippen molar-refractivity contribution < 1.29 is 47.7 Å². The van der Waals surface area contributed by atoms with Crippen LogP contribution in [0.5, 0.6) is 0 Å². The fourth-order valence-corrected chi connectivity index (χ4v) is 9.36. The number of carbonyl (C=O) groups excluding carboxylic acids is 6. The number of allylic oxidation sites excluding steroid dienone is 4. The molecule has 6 rings (SSSR count). The van der Waals surface area contributed by atoms with Gasteiger partial charge in [0.1, 0.15) is 30.8 Å². The number of fused-ring (bicyclic) bond motifs is 4. The Morgan fingerprint density at radius 3 is 1.47 bits per heavy atom. The average molecular weight is 597 g/mol. The summed E-state index contributed by atoms with van der Waals surface area (Å²) in [5.41, 5.74) is -2.24. The van der Waals surface area contributed by atoms with E-state index in [-0.39, 0.29) is 35.2 Å². The number of carbonyl (C=O) groups is 6. The summed E-state index contributed by atoms with van der Waals surface area (Å²) in [5.74, 6) is -5.77. The first kappa shape index (κ1) is 29.8. The summed E-state index contributed by atoms with van der Waals surface area (Å²) in [6.07, 6.45) is 3.97. The molecule has 10 nitrogen and oxygen atoms in total. The first-order valence-electron chi connectivity index (χ1n) is 15.4. The minimum Gasteiger partial charge on any atom is -0.462 e. The van der Waals surface area contributed by atoms with Crippen molar-refractivity contribution in [2.24, 2.45) is 58.2 Å². The standard InChI is InChI=1S/C33H40O10/c1-14-11-20-26(16(3)30(38)40-20)28(32(5)18(14)7-9-22(32)34)42-24(36)13-25(37)43-29-27-17(4)31(39)41-21(27)12-15(2)19-8-10-23(35)33(19,29)6/h7-10,14-21,26-29H,11-13H2,1-6H3. The zero-order chi connectivity index (χ0) is 31.2. The Labute approximate surface area is 250 Å². The van der Waals surface area contributed by atoms with Crippen LogP contribution in [0.25, 0.3) is 0 Å². The van der Waals surface area contributed by atoms with Gasteiger partial charge < -0.3 is 18.9 Å². The molecule has 0 amide bonds. The molecule has 0 spiro atoms. The summed E-state index contributed by atoms with van der Waals surface area (Å²) in [4.78, 5) is 78.8. The molecule has 0 aromatic carbocycles. The molecule has 10 heteroatoms. The topological polar surface area (TPSA) is 139 Å². The molecule has 14 unspecified atom stereocenters. The molecule has 43 heavy (non-hydrogen) atoms. The molecule has 2 aliphatic heterocycles. The predicted octanol–water partition coefficient (Wildman–Crippen LogP) is 3.16. The third-order valence-corrected chi connectivity index (χ3v) is 11.8. The lowest BCUT2D eigenvalue weighted by Gasteiger charge is -2.41. The molecule has 4 fully saturated rings. The molecular formula is C33H40O10. The molecule has 6 aliphatic rings. The van der Waals surface area contributed by atoms with E-state index >= 15 is 0 Å². The molecular weight excluding hydrogens is 556 g/mol. The van der Waals surface area contributed by atoms with Crippen LogP contribution in [0, 0.1) is 58.2 Å². The van der Waals surface area contributed by atoms with Gasteiger partial charge >= 0.3 is 23.9 Å². The van der Waals surface area contributed by atoms with Crippen molar-refractivity contribution in [2.45, 2.75) is 85.2 Å². The Morgan fingerprint density at radius 1 is 0.721 bits per heavy atom. The summed E-state index contributed by atoms with van der Waals surface area (Å²) in [6.45, 7) is 10.9. The summed E-state index contributed by atoms with van der Waals surface area (Å²) in [7, 11) is 0. The van der Waals surface area contributed by atoms with Crippen molar-refractivity contribution >= 4 is 35.4 Å². The number of ether oxygens (including phenoxy) is 4. The molecule has 14 atom stereocenters. The zero-order valence-corrected chi connectivity index (χ0v) is 25.4. The zero-order valence-electron chi connectivity index (χ0n) is 25.4. The van der Waals surface area contributed by atoms with Gasteiger partial charge in [-0.15, -0.1) is 0 Å². The van der Waals surface area contributed by atoms with Crippen LogP contribution in [-0.4, -0.2) is 59.9 Å². The van der Waals surface area contributed by atoms with Gasteiger partial charge in [0.25, 0.3) is 0 Å². The number of rotatable bonds is 4. The lowest BCUT2D eigenvalue weighted by atomic mass is 9.66. The van der Waals surface area contributed by atoms with Crippen LogP contribution < -0.4 is 0 Å². The van der Waals surface area contributed by atoms with Crippen molar-refractivity contribution in [3.8, 4) is 0 Å². The highest BCUT2D eigenvalue weighted by Gasteiger charge is 2.64. The highest BCUT2D eigenvalue weighted by atomic mass is 16.6. The molecule has 232 valence electrons. The smallest absolute Gasteiger partial charge is 0.317 e. The third kappa shape index (κ3) is 4.25. The second-order valence-corrected chi connectivity index (χ2v) is 14.2. The minimum atomic E-state index is -1.12. The second-order valence-electron chi connectivity index (χ2n) is 14.2. The van der Waals surface area contributed by atoms with Gasteiger partial charge in [0.05, 0.1) is 22.7 Å².